The lowest BCUT2D eigenvalue weighted by Crippen LogP contribution is -2.68. The summed E-state index contributed by atoms with van der Waals surface area (Å²) in [4.78, 5) is 25.3. The summed E-state index contributed by atoms with van der Waals surface area (Å²) in [5.74, 6) is 0.996. The Hall–Kier alpha value is -0.970. The minimum absolute atomic E-state index is 0.000665. The van der Waals surface area contributed by atoms with E-state index in [2.05, 4.69) is 19.2 Å². The largest absolute Gasteiger partial charge is 0.342 e. The number of carbonyl (C=O) groups is 2. The van der Waals surface area contributed by atoms with Crippen LogP contribution in [0.5, 0.6) is 0 Å². The van der Waals surface area contributed by atoms with Crippen molar-refractivity contribution in [2.75, 3.05) is 5.75 Å². The molecule has 2 rings (SSSR count). The number of thioether (sulfide) groups is 1. The van der Waals surface area contributed by atoms with E-state index >= 15 is 0 Å². The second-order valence-corrected chi connectivity index (χ2v) is 5.84. The van der Waals surface area contributed by atoms with Gasteiger partial charge in [0.25, 0.3) is 5.91 Å². The van der Waals surface area contributed by atoms with Crippen LogP contribution in [0.3, 0.4) is 0 Å². The molecular formula is C13H20N2O2S. The molecule has 2 aliphatic heterocycles. The Morgan fingerprint density at radius 3 is 3.00 bits per heavy atom. The highest BCUT2D eigenvalue weighted by Gasteiger charge is 2.49. The number of β-lactam (4-membered cyclic amide) rings is 1. The van der Waals surface area contributed by atoms with Crippen LogP contribution in [-0.4, -0.2) is 33.9 Å². The highest BCUT2D eigenvalue weighted by atomic mass is 32.2. The predicted octanol–water partition coefficient (Wildman–Crippen LogP) is 1.87. The number of hydrogen-bond acceptors (Lipinski definition) is 3. The van der Waals surface area contributed by atoms with E-state index in [-0.39, 0.29) is 23.2 Å². The number of nitrogens with zero attached hydrogens (tertiary/aromatic N) is 1. The molecule has 0 aliphatic carbocycles. The molecule has 2 aliphatic rings. The average molecular weight is 268 g/mol. The van der Waals surface area contributed by atoms with Gasteiger partial charge in [-0.25, -0.2) is 0 Å². The Kier molecular flexibility index (Phi) is 4.32. The van der Waals surface area contributed by atoms with Crippen LogP contribution in [0.25, 0.3) is 0 Å². The summed E-state index contributed by atoms with van der Waals surface area (Å²) in [6, 6.07) is -0.311. The van der Waals surface area contributed by atoms with Gasteiger partial charge in [-0.2, -0.15) is 0 Å². The first-order chi connectivity index (χ1) is 8.67. The van der Waals surface area contributed by atoms with Crippen LogP contribution in [0.2, 0.25) is 0 Å². The molecule has 0 radical (unpaired) electrons. The van der Waals surface area contributed by atoms with E-state index in [1.54, 1.807) is 16.7 Å². The minimum Gasteiger partial charge on any atom is -0.342 e. The van der Waals surface area contributed by atoms with Crippen LogP contribution in [0.15, 0.2) is 11.8 Å². The van der Waals surface area contributed by atoms with E-state index in [9.17, 15) is 9.59 Å². The van der Waals surface area contributed by atoms with Crippen molar-refractivity contribution < 1.29 is 9.59 Å². The maximum Gasteiger partial charge on any atom is 0.253 e. The van der Waals surface area contributed by atoms with Gasteiger partial charge in [0.05, 0.1) is 0 Å². The quantitative estimate of drug-likeness (QED) is 0.774. The van der Waals surface area contributed by atoms with Crippen molar-refractivity contribution in [3.05, 3.63) is 11.8 Å². The van der Waals surface area contributed by atoms with E-state index in [0.29, 0.717) is 6.42 Å². The predicted molar refractivity (Wildman–Crippen MR) is 72.9 cm³/mol. The van der Waals surface area contributed by atoms with Crippen molar-refractivity contribution in [1.29, 1.82) is 0 Å². The summed E-state index contributed by atoms with van der Waals surface area (Å²) >= 11 is 1.75. The van der Waals surface area contributed by atoms with Crippen molar-refractivity contribution in [1.82, 2.24) is 10.2 Å². The first kappa shape index (κ1) is 13.5. The Morgan fingerprint density at radius 2 is 2.33 bits per heavy atom. The lowest BCUT2D eigenvalue weighted by Gasteiger charge is -2.47. The molecule has 5 heteroatoms. The topological polar surface area (TPSA) is 49.4 Å². The van der Waals surface area contributed by atoms with Gasteiger partial charge in [-0.05, 0) is 18.4 Å². The van der Waals surface area contributed by atoms with Gasteiger partial charge in [0.1, 0.15) is 11.4 Å². The molecule has 1 saturated heterocycles. The Morgan fingerprint density at radius 1 is 1.56 bits per heavy atom. The van der Waals surface area contributed by atoms with Gasteiger partial charge in [-0.1, -0.05) is 20.3 Å². The van der Waals surface area contributed by atoms with Crippen LogP contribution in [0.1, 0.15) is 39.5 Å². The minimum atomic E-state index is -0.311. The fourth-order valence-corrected chi connectivity index (χ4v) is 3.50. The molecule has 0 aromatic carbocycles. The Balaban J connectivity index is 1.89. The molecule has 0 unspecified atom stereocenters. The van der Waals surface area contributed by atoms with Crippen molar-refractivity contribution >= 4 is 23.6 Å². The van der Waals surface area contributed by atoms with E-state index < -0.39 is 0 Å². The molecule has 2 atom stereocenters. The van der Waals surface area contributed by atoms with E-state index in [4.69, 9.17) is 0 Å². The van der Waals surface area contributed by atoms with Gasteiger partial charge >= 0.3 is 0 Å². The molecule has 0 aromatic heterocycles. The summed E-state index contributed by atoms with van der Waals surface area (Å²) in [5, 5.41) is 2.96. The molecule has 0 spiro atoms. The molecule has 0 bridgehead atoms. The molecule has 100 valence electrons. The molecule has 2 heterocycles. The SMILES string of the molecule is CCCCC(=O)N[C@@H]1C(=O)N2C=C(CC)CS[C@H]12. The lowest BCUT2D eigenvalue weighted by atomic mass is 10.1. The van der Waals surface area contributed by atoms with Crippen LogP contribution in [0.4, 0.5) is 0 Å². The Labute approximate surface area is 112 Å². The third kappa shape index (κ3) is 2.55. The molecule has 0 aromatic rings. The third-order valence-corrected chi connectivity index (χ3v) is 4.75. The number of rotatable bonds is 5. The maximum atomic E-state index is 11.9. The third-order valence-electron chi connectivity index (χ3n) is 3.37. The normalized spacial score (nSPS) is 26.2. The summed E-state index contributed by atoms with van der Waals surface area (Å²) in [6.07, 6.45) is 5.34. The molecule has 2 amide bonds. The number of unbranched alkanes of at least 4 members (excludes halogenated alkanes) is 1. The standard InChI is InChI=1S/C13H20N2O2S/c1-3-5-6-10(16)14-11-12(17)15-7-9(4-2)8-18-13(11)15/h7,11,13H,3-6,8H2,1-2H3,(H,14,16)/t11-,13-/m1/s1. The summed E-state index contributed by atoms with van der Waals surface area (Å²) in [7, 11) is 0. The van der Waals surface area contributed by atoms with E-state index in [1.807, 2.05) is 6.20 Å². The fourth-order valence-electron chi connectivity index (χ4n) is 2.14. The van der Waals surface area contributed by atoms with Gasteiger partial charge in [0.15, 0.2) is 0 Å². The summed E-state index contributed by atoms with van der Waals surface area (Å²) < 4.78 is 0. The zero-order valence-corrected chi connectivity index (χ0v) is 11.8. The second-order valence-electron chi connectivity index (χ2n) is 4.74. The van der Waals surface area contributed by atoms with Crippen LogP contribution in [-0.2, 0) is 9.59 Å². The zero-order chi connectivity index (χ0) is 13.1. The summed E-state index contributed by atoms with van der Waals surface area (Å²) in [6.45, 7) is 4.15. The molecule has 0 saturated carbocycles. The van der Waals surface area contributed by atoms with Crippen molar-refractivity contribution in [3.63, 3.8) is 0 Å². The molecule has 4 nitrogen and oxygen atoms in total. The fraction of sp³-hybridized carbons (Fsp3) is 0.692. The van der Waals surface area contributed by atoms with Gasteiger partial charge in [-0.3, -0.25) is 9.59 Å². The molecule has 1 N–H and O–H groups in total. The number of amides is 2. The van der Waals surface area contributed by atoms with Crippen LogP contribution in [0, 0.1) is 0 Å². The zero-order valence-electron chi connectivity index (χ0n) is 10.9. The smallest absolute Gasteiger partial charge is 0.253 e. The highest BCUT2D eigenvalue weighted by molar-refractivity contribution is 8.00. The van der Waals surface area contributed by atoms with Crippen LogP contribution >= 0.6 is 11.8 Å². The first-order valence-corrected chi connectivity index (χ1v) is 7.65. The monoisotopic (exact) mass is 268 g/mol. The first-order valence-electron chi connectivity index (χ1n) is 6.60. The van der Waals surface area contributed by atoms with Gasteiger partial charge in [-0.15, -0.1) is 11.8 Å². The Bertz CT molecular complexity index is 381. The van der Waals surface area contributed by atoms with Gasteiger partial charge in [0.2, 0.25) is 5.91 Å². The molecular weight excluding hydrogens is 248 g/mol. The van der Waals surface area contributed by atoms with Crippen LogP contribution < -0.4 is 5.32 Å². The van der Waals surface area contributed by atoms with E-state index in [0.717, 1.165) is 25.0 Å². The number of nitrogens with one attached hydrogen (secondary N) is 1. The van der Waals surface area contributed by atoms with Crippen molar-refractivity contribution in [2.24, 2.45) is 0 Å². The lowest BCUT2D eigenvalue weighted by molar-refractivity contribution is -0.144. The maximum absolute atomic E-state index is 11.9. The molecule has 1 fully saturated rings. The number of hydrogen-bond donors (Lipinski definition) is 1. The van der Waals surface area contributed by atoms with Gasteiger partial charge in [0, 0.05) is 18.4 Å². The number of fused-ring (bicyclic) bond motifs is 1. The van der Waals surface area contributed by atoms with E-state index in [1.165, 1.54) is 5.57 Å². The second kappa shape index (κ2) is 5.78. The average Bonchev–Trinajstić information content (AvgIpc) is 2.41. The van der Waals surface area contributed by atoms with Crippen molar-refractivity contribution in [3.8, 4) is 0 Å². The van der Waals surface area contributed by atoms with Gasteiger partial charge < -0.3 is 10.2 Å². The summed E-state index contributed by atoms with van der Waals surface area (Å²) in [5.41, 5.74) is 1.29. The van der Waals surface area contributed by atoms with Crippen molar-refractivity contribution in [2.45, 2.75) is 50.9 Å². The highest BCUT2D eigenvalue weighted by Crippen LogP contribution is 2.36. The molecule has 18 heavy (non-hydrogen) atoms. The number of carbonyl (C=O) groups excluding carboxylic acids is 2.